The van der Waals surface area contributed by atoms with E-state index in [1.807, 2.05) is 18.4 Å². The summed E-state index contributed by atoms with van der Waals surface area (Å²) >= 11 is 1.84. The maximum Gasteiger partial charge on any atom is 0.191 e. The fourth-order valence-electron chi connectivity index (χ4n) is 4.08. The largest absolute Gasteiger partial charge is 0.363 e. The van der Waals surface area contributed by atoms with E-state index >= 15 is 0 Å². The minimum atomic E-state index is 0. The van der Waals surface area contributed by atoms with Gasteiger partial charge in [0.15, 0.2) is 5.96 Å². The van der Waals surface area contributed by atoms with Gasteiger partial charge in [0.2, 0.25) is 0 Å². The summed E-state index contributed by atoms with van der Waals surface area (Å²) < 4.78 is 0. The molecule has 1 unspecified atom stereocenters. The quantitative estimate of drug-likeness (QED) is 0.268. The van der Waals surface area contributed by atoms with E-state index in [1.165, 1.54) is 56.7 Å². The van der Waals surface area contributed by atoms with Crippen LogP contribution in [0.1, 0.15) is 39.0 Å². The number of likely N-dealkylation sites (tertiary alicyclic amines) is 1. The lowest BCUT2D eigenvalue weighted by Crippen LogP contribution is -2.49. The van der Waals surface area contributed by atoms with Gasteiger partial charge < -0.3 is 20.4 Å². The summed E-state index contributed by atoms with van der Waals surface area (Å²) in [6.45, 7) is 9.38. The average molecular weight is 506 g/mol. The van der Waals surface area contributed by atoms with Gasteiger partial charge >= 0.3 is 0 Å². The number of anilines is 1. The first-order chi connectivity index (χ1) is 12.7. The topological polar surface area (TPSA) is 42.9 Å². The number of aliphatic imine (C=N–C) groups is 1. The summed E-state index contributed by atoms with van der Waals surface area (Å²) in [5.74, 6) is 1.83. The van der Waals surface area contributed by atoms with E-state index in [2.05, 4.69) is 49.9 Å². The molecule has 0 radical (unpaired) electrons. The lowest BCUT2D eigenvalue weighted by Gasteiger charge is -2.33. The number of thiophene rings is 1. The maximum absolute atomic E-state index is 4.42. The second kappa shape index (κ2) is 12.1. The van der Waals surface area contributed by atoms with E-state index in [0.717, 1.165) is 31.5 Å². The molecule has 1 aromatic rings. The summed E-state index contributed by atoms with van der Waals surface area (Å²) in [6, 6.07) is 4.89. The maximum atomic E-state index is 4.42. The molecule has 3 rings (SSSR count). The van der Waals surface area contributed by atoms with Gasteiger partial charge in [-0.2, -0.15) is 0 Å². The van der Waals surface area contributed by atoms with Gasteiger partial charge in [-0.3, -0.25) is 4.99 Å². The Bertz CT molecular complexity index is 543. The zero-order valence-electron chi connectivity index (χ0n) is 16.8. The van der Waals surface area contributed by atoms with Crippen molar-refractivity contribution in [3.05, 3.63) is 17.5 Å². The summed E-state index contributed by atoms with van der Waals surface area (Å²) in [4.78, 5) is 9.53. The lowest BCUT2D eigenvalue weighted by atomic mass is 10.0. The van der Waals surface area contributed by atoms with Crippen LogP contribution in [-0.4, -0.2) is 63.2 Å². The van der Waals surface area contributed by atoms with E-state index in [-0.39, 0.29) is 24.0 Å². The van der Waals surface area contributed by atoms with Gasteiger partial charge in [-0.05, 0) is 68.6 Å². The van der Waals surface area contributed by atoms with Crippen molar-refractivity contribution in [3.63, 3.8) is 0 Å². The van der Waals surface area contributed by atoms with Crippen molar-refractivity contribution in [1.82, 2.24) is 15.5 Å². The Balaban J connectivity index is 0.00000261. The number of nitrogens with zero attached hydrogens (tertiary/aromatic N) is 3. The van der Waals surface area contributed by atoms with Gasteiger partial charge in [-0.25, -0.2) is 0 Å². The SMILES string of the molecule is CN=C(NCCCN1CCCC(C)C1)NC1CCN(c2cccs2)CC1.I. The summed E-state index contributed by atoms with van der Waals surface area (Å²) in [6.07, 6.45) is 6.29. The normalized spacial score (nSPS) is 22.4. The van der Waals surface area contributed by atoms with Crippen LogP contribution in [0.5, 0.6) is 0 Å². The monoisotopic (exact) mass is 505 g/mol. The van der Waals surface area contributed by atoms with Gasteiger partial charge in [0, 0.05) is 39.3 Å². The molecule has 0 bridgehead atoms. The van der Waals surface area contributed by atoms with Crippen LogP contribution < -0.4 is 15.5 Å². The van der Waals surface area contributed by atoms with Crippen LogP contribution in [0.2, 0.25) is 0 Å². The second-order valence-corrected chi connectivity index (χ2v) is 8.68. The second-order valence-electron chi connectivity index (χ2n) is 7.76. The van der Waals surface area contributed by atoms with Crippen LogP contribution in [-0.2, 0) is 0 Å². The summed E-state index contributed by atoms with van der Waals surface area (Å²) in [5.41, 5.74) is 0. The molecule has 0 aromatic carbocycles. The molecule has 2 aliphatic heterocycles. The molecule has 0 saturated carbocycles. The van der Waals surface area contributed by atoms with Crippen molar-refractivity contribution < 1.29 is 0 Å². The molecule has 3 heterocycles. The van der Waals surface area contributed by atoms with Crippen LogP contribution in [0.25, 0.3) is 0 Å². The van der Waals surface area contributed by atoms with E-state index in [1.54, 1.807) is 0 Å². The summed E-state index contributed by atoms with van der Waals surface area (Å²) in [5, 5.41) is 10.7. The first-order valence-electron chi connectivity index (χ1n) is 10.2. The molecular weight excluding hydrogens is 469 g/mol. The molecule has 5 nitrogen and oxygen atoms in total. The molecule has 1 atom stereocenters. The number of hydrogen-bond donors (Lipinski definition) is 2. The first kappa shape index (κ1) is 22.7. The highest BCUT2D eigenvalue weighted by Crippen LogP contribution is 2.24. The molecule has 27 heavy (non-hydrogen) atoms. The number of nitrogens with one attached hydrogen (secondary N) is 2. The third-order valence-corrected chi connectivity index (χ3v) is 6.49. The number of halogens is 1. The predicted octanol–water partition coefficient (Wildman–Crippen LogP) is 3.62. The van der Waals surface area contributed by atoms with Crippen molar-refractivity contribution in [2.24, 2.45) is 10.9 Å². The third kappa shape index (κ3) is 7.42. The van der Waals surface area contributed by atoms with Gasteiger partial charge in [0.25, 0.3) is 0 Å². The third-order valence-electron chi connectivity index (χ3n) is 5.56. The van der Waals surface area contributed by atoms with Crippen molar-refractivity contribution in [1.29, 1.82) is 0 Å². The van der Waals surface area contributed by atoms with Crippen LogP contribution in [0, 0.1) is 5.92 Å². The first-order valence-corrected chi connectivity index (χ1v) is 11.1. The van der Waals surface area contributed by atoms with Gasteiger partial charge in [0.1, 0.15) is 0 Å². The zero-order valence-corrected chi connectivity index (χ0v) is 20.0. The highest BCUT2D eigenvalue weighted by atomic mass is 127. The Morgan fingerprint density at radius 3 is 2.74 bits per heavy atom. The van der Waals surface area contributed by atoms with Crippen LogP contribution >= 0.6 is 35.3 Å². The molecule has 7 heteroatoms. The fraction of sp³-hybridized carbons (Fsp3) is 0.750. The number of guanidine groups is 1. The predicted molar refractivity (Wildman–Crippen MR) is 129 cm³/mol. The van der Waals surface area contributed by atoms with Crippen molar-refractivity contribution in [2.75, 3.05) is 51.2 Å². The number of piperidine rings is 2. The zero-order chi connectivity index (χ0) is 18.2. The minimum absolute atomic E-state index is 0. The van der Waals surface area contributed by atoms with Crippen LogP contribution in [0.3, 0.4) is 0 Å². The molecule has 0 aliphatic carbocycles. The minimum Gasteiger partial charge on any atom is -0.363 e. The van der Waals surface area contributed by atoms with Crippen molar-refractivity contribution in [2.45, 2.75) is 45.1 Å². The molecule has 0 amide bonds. The molecule has 2 saturated heterocycles. The fourth-order valence-corrected chi connectivity index (χ4v) is 4.87. The number of hydrogen-bond acceptors (Lipinski definition) is 4. The lowest BCUT2D eigenvalue weighted by molar-refractivity contribution is 0.182. The van der Waals surface area contributed by atoms with Crippen molar-refractivity contribution in [3.8, 4) is 0 Å². The van der Waals surface area contributed by atoms with Gasteiger partial charge in [-0.1, -0.05) is 6.92 Å². The standard InChI is InChI=1S/C20H35N5S.HI/c1-17-6-3-11-24(16-17)12-5-10-22-20(21-2)23-18-8-13-25(14-9-18)19-7-4-15-26-19;/h4,7,15,17-18H,3,5-6,8-14,16H2,1-2H3,(H2,21,22,23);1H. The molecule has 2 N–H and O–H groups in total. The van der Waals surface area contributed by atoms with E-state index in [4.69, 9.17) is 0 Å². The van der Waals surface area contributed by atoms with E-state index in [0.29, 0.717) is 6.04 Å². The highest BCUT2D eigenvalue weighted by molar-refractivity contribution is 14.0. The number of rotatable bonds is 6. The molecule has 1 aromatic heterocycles. The Morgan fingerprint density at radius 1 is 1.26 bits per heavy atom. The van der Waals surface area contributed by atoms with E-state index in [9.17, 15) is 0 Å². The molecule has 2 aliphatic rings. The summed E-state index contributed by atoms with van der Waals surface area (Å²) in [7, 11) is 1.88. The smallest absolute Gasteiger partial charge is 0.191 e. The Hall–Kier alpha value is -0.540. The Labute approximate surface area is 186 Å². The van der Waals surface area contributed by atoms with Crippen molar-refractivity contribution >= 4 is 46.3 Å². The van der Waals surface area contributed by atoms with Gasteiger partial charge in [0.05, 0.1) is 5.00 Å². The van der Waals surface area contributed by atoms with E-state index < -0.39 is 0 Å². The average Bonchev–Trinajstić information content (AvgIpc) is 3.19. The molecule has 154 valence electrons. The van der Waals surface area contributed by atoms with Gasteiger partial charge in [-0.15, -0.1) is 35.3 Å². The highest BCUT2D eigenvalue weighted by Gasteiger charge is 2.20. The van der Waals surface area contributed by atoms with Crippen LogP contribution in [0.4, 0.5) is 5.00 Å². The molecular formula is C20H36IN5S. The van der Waals surface area contributed by atoms with Crippen LogP contribution in [0.15, 0.2) is 22.5 Å². The Kier molecular flexibility index (Phi) is 10.2. The molecule has 2 fully saturated rings. The Morgan fingerprint density at radius 2 is 2.07 bits per heavy atom. The molecule has 0 spiro atoms.